The molecule has 0 bridgehead atoms. The highest BCUT2D eigenvalue weighted by Crippen LogP contribution is 2.26. The van der Waals surface area contributed by atoms with Crippen LogP contribution in [0.1, 0.15) is 11.5 Å². The number of halogens is 1. The number of nitrogens with zero attached hydrogens (tertiary/aromatic N) is 3. The van der Waals surface area contributed by atoms with Gasteiger partial charge in [-0.2, -0.15) is 0 Å². The molecule has 0 N–H and O–H groups in total. The lowest BCUT2D eigenvalue weighted by atomic mass is 10.2. The smallest absolute Gasteiger partial charge is 0.232 e. The van der Waals surface area contributed by atoms with Crippen LogP contribution >= 0.6 is 23.4 Å². The maximum Gasteiger partial charge on any atom is 0.232 e. The van der Waals surface area contributed by atoms with Crippen LogP contribution in [0.15, 0.2) is 52.9 Å². The molecular formula is C24H26ClN3O3S. The van der Waals surface area contributed by atoms with Gasteiger partial charge in [-0.25, -0.2) is 4.98 Å². The minimum Gasteiger partial charge on any atom is -0.497 e. The number of thioether (sulfide) groups is 1. The number of aromatic nitrogens is 1. The van der Waals surface area contributed by atoms with Crippen molar-refractivity contribution in [2.75, 3.05) is 43.9 Å². The summed E-state index contributed by atoms with van der Waals surface area (Å²) in [6.45, 7) is 4.97. The molecular weight excluding hydrogens is 446 g/mol. The number of benzene rings is 2. The molecule has 168 valence electrons. The van der Waals surface area contributed by atoms with Crippen molar-refractivity contribution in [1.29, 1.82) is 0 Å². The van der Waals surface area contributed by atoms with E-state index in [9.17, 15) is 4.79 Å². The largest absolute Gasteiger partial charge is 0.497 e. The summed E-state index contributed by atoms with van der Waals surface area (Å²) in [5, 5.41) is 0.732. The standard InChI is InChI=1S/C24H26ClN3O3S/c1-17-22(26-24(31-17)18-6-8-21(30-2)9-7-18)15-32-16-23(29)28-12-10-27(11-13-28)20-5-3-4-19(25)14-20/h3-9,14H,10-13,15-16H2,1-2H3. The molecule has 3 aromatic rings. The maximum absolute atomic E-state index is 12.7. The van der Waals surface area contributed by atoms with Gasteiger partial charge in [0.15, 0.2) is 0 Å². The first-order valence-corrected chi connectivity index (χ1v) is 12.0. The predicted molar refractivity (Wildman–Crippen MR) is 130 cm³/mol. The van der Waals surface area contributed by atoms with E-state index >= 15 is 0 Å². The monoisotopic (exact) mass is 471 g/mol. The number of ether oxygens (including phenoxy) is 1. The molecule has 0 radical (unpaired) electrons. The van der Waals surface area contributed by atoms with Crippen molar-refractivity contribution in [2.24, 2.45) is 0 Å². The molecule has 2 heterocycles. The molecule has 8 heteroatoms. The van der Waals surface area contributed by atoms with Crippen molar-refractivity contribution >= 4 is 35.0 Å². The van der Waals surface area contributed by atoms with Gasteiger partial charge in [-0.05, 0) is 49.4 Å². The van der Waals surface area contributed by atoms with E-state index < -0.39 is 0 Å². The molecule has 1 saturated heterocycles. The second-order valence-electron chi connectivity index (χ2n) is 7.59. The summed E-state index contributed by atoms with van der Waals surface area (Å²) in [6.07, 6.45) is 0. The highest BCUT2D eigenvalue weighted by atomic mass is 35.5. The number of rotatable bonds is 7. The van der Waals surface area contributed by atoms with Gasteiger partial charge in [0.25, 0.3) is 0 Å². The van der Waals surface area contributed by atoms with Crippen LogP contribution in [0.2, 0.25) is 5.02 Å². The number of anilines is 1. The Morgan fingerprint density at radius 3 is 2.59 bits per heavy atom. The first-order chi connectivity index (χ1) is 15.5. The number of hydrogen-bond donors (Lipinski definition) is 0. The van der Waals surface area contributed by atoms with Crippen LogP contribution in [0.4, 0.5) is 5.69 Å². The van der Waals surface area contributed by atoms with E-state index in [1.54, 1.807) is 18.9 Å². The van der Waals surface area contributed by atoms with Crippen molar-refractivity contribution < 1.29 is 13.9 Å². The average Bonchev–Trinajstić information content (AvgIpc) is 3.19. The quantitative estimate of drug-likeness (QED) is 0.488. The number of methoxy groups -OCH3 is 1. The number of amides is 1. The first-order valence-electron chi connectivity index (χ1n) is 10.5. The summed E-state index contributed by atoms with van der Waals surface area (Å²) in [7, 11) is 1.64. The number of piperazine rings is 1. The van der Waals surface area contributed by atoms with Gasteiger partial charge in [0, 0.05) is 48.2 Å². The summed E-state index contributed by atoms with van der Waals surface area (Å²) < 4.78 is 11.0. The first kappa shape index (κ1) is 22.6. The van der Waals surface area contributed by atoms with Crippen LogP contribution in [0.25, 0.3) is 11.5 Å². The lowest BCUT2D eigenvalue weighted by molar-refractivity contribution is -0.128. The molecule has 1 aromatic heterocycles. The summed E-state index contributed by atoms with van der Waals surface area (Å²) in [5.41, 5.74) is 2.88. The van der Waals surface area contributed by atoms with Crippen LogP contribution in [0.5, 0.6) is 5.75 Å². The Bertz CT molecular complexity index is 1060. The van der Waals surface area contributed by atoms with Crippen LogP contribution in [0, 0.1) is 6.92 Å². The zero-order chi connectivity index (χ0) is 22.5. The normalized spacial score (nSPS) is 14.0. The number of oxazole rings is 1. The van der Waals surface area contributed by atoms with Crippen molar-refractivity contribution in [2.45, 2.75) is 12.7 Å². The predicted octanol–water partition coefficient (Wildman–Crippen LogP) is 4.89. The van der Waals surface area contributed by atoms with Gasteiger partial charge in [0.1, 0.15) is 11.5 Å². The molecule has 32 heavy (non-hydrogen) atoms. The van der Waals surface area contributed by atoms with Gasteiger partial charge >= 0.3 is 0 Å². The van der Waals surface area contributed by atoms with Crippen LogP contribution < -0.4 is 9.64 Å². The Labute approximate surface area is 197 Å². The number of carbonyl (C=O) groups excluding carboxylic acids is 1. The minimum atomic E-state index is 0.164. The fourth-order valence-electron chi connectivity index (χ4n) is 3.63. The molecule has 0 spiro atoms. The maximum atomic E-state index is 12.7. The van der Waals surface area contributed by atoms with E-state index in [1.807, 2.05) is 54.3 Å². The molecule has 1 aliphatic heterocycles. The van der Waals surface area contributed by atoms with Gasteiger partial charge in [0.05, 0.1) is 18.6 Å². The number of aryl methyl sites for hydroxylation is 1. The Morgan fingerprint density at radius 2 is 1.91 bits per heavy atom. The van der Waals surface area contributed by atoms with E-state index in [2.05, 4.69) is 16.0 Å². The SMILES string of the molecule is COc1ccc(-c2nc(CSCC(=O)N3CCN(c4cccc(Cl)c4)CC3)c(C)o2)cc1. The third-order valence-electron chi connectivity index (χ3n) is 5.50. The Morgan fingerprint density at radius 1 is 1.16 bits per heavy atom. The van der Waals surface area contributed by atoms with Crippen molar-refractivity contribution in [3.8, 4) is 17.2 Å². The van der Waals surface area contributed by atoms with E-state index in [-0.39, 0.29) is 5.91 Å². The summed E-state index contributed by atoms with van der Waals surface area (Å²) in [4.78, 5) is 21.5. The lowest BCUT2D eigenvalue weighted by Crippen LogP contribution is -2.49. The van der Waals surface area contributed by atoms with Gasteiger partial charge in [0.2, 0.25) is 11.8 Å². The van der Waals surface area contributed by atoms with E-state index in [0.29, 0.717) is 17.4 Å². The molecule has 6 nitrogen and oxygen atoms in total. The van der Waals surface area contributed by atoms with Gasteiger partial charge in [-0.1, -0.05) is 17.7 Å². The van der Waals surface area contributed by atoms with Crippen LogP contribution in [-0.2, 0) is 10.5 Å². The molecule has 1 amide bonds. The third kappa shape index (κ3) is 5.40. The fourth-order valence-corrected chi connectivity index (χ4v) is 4.74. The van der Waals surface area contributed by atoms with Crippen molar-refractivity contribution in [1.82, 2.24) is 9.88 Å². The van der Waals surface area contributed by atoms with Gasteiger partial charge in [-0.3, -0.25) is 4.79 Å². The average molecular weight is 472 g/mol. The zero-order valence-electron chi connectivity index (χ0n) is 18.2. The molecule has 0 aliphatic carbocycles. The summed E-state index contributed by atoms with van der Waals surface area (Å²) in [6, 6.07) is 15.5. The van der Waals surface area contributed by atoms with Crippen LogP contribution in [-0.4, -0.2) is 54.8 Å². The molecule has 0 unspecified atom stereocenters. The topological polar surface area (TPSA) is 58.8 Å². The highest BCUT2D eigenvalue weighted by molar-refractivity contribution is 7.99. The Hall–Kier alpha value is -2.64. The fraction of sp³-hybridized carbons (Fsp3) is 0.333. The van der Waals surface area contributed by atoms with Crippen LogP contribution in [0.3, 0.4) is 0 Å². The molecule has 0 saturated carbocycles. The van der Waals surface area contributed by atoms with E-state index in [1.165, 1.54) is 0 Å². The van der Waals surface area contributed by atoms with Crippen molar-refractivity contribution in [3.63, 3.8) is 0 Å². The molecule has 4 rings (SSSR count). The Kier molecular flexibility index (Phi) is 7.27. The summed E-state index contributed by atoms with van der Waals surface area (Å²) in [5.74, 6) is 3.40. The molecule has 1 aliphatic rings. The Balaban J connectivity index is 1.26. The second kappa shape index (κ2) is 10.3. The molecule has 1 fully saturated rings. The van der Waals surface area contributed by atoms with Gasteiger partial charge in [-0.15, -0.1) is 11.8 Å². The van der Waals surface area contributed by atoms with E-state index in [0.717, 1.165) is 59.7 Å². The van der Waals surface area contributed by atoms with E-state index in [4.69, 9.17) is 20.8 Å². The lowest BCUT2D eigenvalue weighted by Gasteiger charge is -2.36. The van der Waals surface area contributed by atoms with Gasteiger partial charge < -0.3 is 19.0 Å². The van der Waals surface area contributed by atoms with Crippen molar-refractivity contribution in [3.05, 3.63) is 65.0 Å². The zero-order valence-corrected chi connectivity index (χ0v) is 19.8. The number of hydrogen-bond acceptors (Lipinski definition) is 6. The summed E-state index contributed by atoms with van der Waals surface area (Å²) >= 11 is 7.67. The number of carbonyl (C=O) groups is 1. The minimum absolute atomic E-state index is 0.164. The molecule has 0 atom stereocenters. The third-order valence-corrected chi connectivity index (χ3v) is 6.66. The highest BCUT2D eigenvalue weighted by Gasteiger charge is 2.21. The molecule has 2 aromatic carbocycles. The second-order valence-corrected chi connectivity index (χ2v) is 9.01.